The molecular formula is C20H29N9. The van der Waals surface area contributed by atoms with Crippen molar-refractivity contribution in [1.82, 2.24) is 29.2 Å². The number of azo groups is 1. The minimum atomic E-state index is -0.259. The van der Waals surface area contributed by atoms with Crippen LogP contribution >= 0.6 is 0 Å². The maximum atomic E-state index is 7.65. The number of hydrogen-bond donors (Lipinski definition) is 0. The molecule has 3 aromatic heterocycles. The van der Waals surface area contributed by atoms with Gasteiger partial charge in [-0.25, -0.2) is 9.53 Å². The Morgan fingerprint density at radius 1 is 0.897 bits per heavy atom. The van der Waals surface area contributed by atoms with Crippen LogP contribution in [0.5, 0.6) is 0 Å². The van der Waals surface area contributed by atoms with Crippen molar-refractivity contribution in [3.05, 3.63) is 28.6 Å². The molecule has 0 unspecified atom stereocenters. The lowest BCUT2D eigenvalue weighted by molar-refractivity contribution is 0.555. The Labute approximate surface area is 171 Å². The van der Waals surface area contributed by atoms with Crippen LogP contribution in [0.15, 0.2) is 10.2 Å². The topological polar surface area (TPSA) is 82.0 Å². The first-order valence-corrected chi connectivity index (χ1v) is 9.71. The highest BCUT2D eigenvalue weighted by Gasteiger charge is 2.29. The third kappa shape index (κ3) is 3.43. The Morgan fingerprint density at radius 2 is 1.52 bits per heavy atom. The zero-order valence-corrected chi connectivity index (χ0v) is 18.7. The zero-order chi connectivity index (χ0) is 21.7. The monoisotopic (exact) mass is 395 g/mol. The van der Waals surface area contributed by atoms with E-state index in [1.807, 2.05) is 39.3 Å². The van der Waals surface area contributed by atoms with Crippen molar-refractivity contribution in [3.8, 4) is 0 Å². The van der Waals surface area contributed by atoms with E-state index in [2.05, 4.69) is 46.0 Å². The number of nitrogens with zero attached hydrogens (tertiary/aromatic N) is 9. The maximum Gasteiger partial charge on any atom is 0.255 e. The summed E-state index contributed by atoms with van der Waals surface area (Å²) < 4.78 is 5.25. The molecular weight excluding hydrogens is 366 g/mol. The van der Waals surface area contributed by atoms with Crippen molar-refractivity contribution in [2.75, 3.05) is 0 Å². The molecule has 0 aliphatic carbocycles. The summed E-state index contributed by atoms with van der Waals surface area (Å²) >= 11 is 0. The molecule has 0 aliphatic rings. The standard InChI is InChI=1S/C20H29N9/c1-11-12-24-28(10)18-14(16(20(5,6)7)26-29(12)18)22-23-17-13(21-8)15(19(2,3)4)25-27(17)9/h11H2,1-7,9-10H3. The largest absolute Gasteiger partial charge is 0.260 e. The van der Waals surface area contributed by atoms with Crippen LogP contribution in [-0.2, 0) is 31.3 Å². The minimum Gasteiger partial charge on any atom is -0.260 e. The van der Waals surface area contributed by atoms with Gasteiger partial charge in [0.05, 0.1) is 18.0 Å². The van der Waals surface area contributed by atoms with E-state index in [1.54, 1.807) is 16.4 Å². The second kappa shape index (κ2) is 6.79. The lowest BCUT2D eigenvalue weighted by atomic mass is 9.91. The van der Waals surface area contributed by atoms with Crippen LogP contribution in [0.3, 0.4) is 0 Å². The van der Waals surface area contributed by atoms with Gasteiger partial charge >= 0.3 is 0 Å². The molecule has 0 amide bonds. The molecule has 9 heteroatoms. The number of aromatic nitrogens is 6. The molecule has 3 rings (SSSR count). The molecule has 0 radical (unpaired) electrons. The van der Waals surface area contributed by atoms with Crippen LogP contribution in [0.1, 0.15) is 65.7 Å². The molecule has 0 spiro atoms. The molecule has 0 saturated carbocycles. The Bertz CT molecular complexity index is 1130. The van der Waals surface area contributed by atoms with E-state index < -0.39 is 0 Å². The maximum absolute atomic E-state index is 7.65. The predicted molar refractivity (Wildman–Crippen MR) is 112 cm³/mol. The molecule has 0 aromatic carbocycles. The third-order valence-electron chi connectivity index (χ3n) is 4.74. The van der Waals surface area contributed by atoms with E-state index in [1.165, 1.54) is 0 Å². The zero-order valence-electron chi connectivity index (χ0n) is 18.7. The fraction of sp³-hybridized carbons (Fsp3) is 0.600. The summed E-state index contributed by atoms with van der Waals surface area (Å²) in [5.41, 5.74) is 2.96. The van der Waals surface area contributed by atoms with E-state index >= 15 is 0 Å². The third-order valence-corrected chi connectivity index (χ3v) is 4.74. The summed E-state index contributed by atoms with van der Waals surface area (Å²) in [6.07, 6.45) is 0.762. The van der Waals surface area contributed by atoms with Gasteiger partial charge in [0.1, 0.15) is 0 Å². The number of rotatable bonds is 3. The fourth-order valence-electron chi connectivity index (χ4n) is 3.27. The van der Waals surface area contributed by atoms with Gasteiger partial charge in [-0.1, -0.05) is 48.5 Å². The quantitative estimate of drug-likeness (QED) is 0.466. The van der Waals surface area contributed by atoms with Crippen LogP contribution in [0.25, 0.3) is 10.5 Å². The molecule has 0 bridgehead atoms. The van der Waals surface area contributed by atoms with Gasteiger partial charge in [-0.2, -0.15) is 19.8 Å². The summed E-state index contributed by atoms with van der Waals surface area (Å²) in [5, 5.41) is 22.9. The number of fused-ring (bicyclic) bond motifs is 1. The molecule has 0 N–H and O–H groups in total. The van der Waals surface area contributed by atoms with E-state index in [0.29, 0.717) is 22.9 Å². The Morgan fingerprint density at radius 3 is 2.03 bits per heavy atom. The van der Waals surface area contributed by atoms with Crippen LogP contribution in [0, 0.1) is 6.57 Å². The second-order valence-electron chi connectivity index (χ2n) is 9.28. The van der Waals surface area contributed by atoms with Crippen LogP contribution < -0.4 is 0 Å². The van der Waals surface area contributed by atoms with Crippen molar-refractivity contribution in [1.29, 1.82) is 0 Å². The second-order valence-corrected chi connectivity index (χ2v) is 9.28. The summed E-state index contributed by atoms with van der Waals surface area (Å²) in [6.45, 7) is 22.1. The summed E-state index contributed by atoms with van der Waals surface area (Å²) in [6, 6.07) is 0. The van der Waals surface area contributed by atoms with Gasteiger partial charge < -0.3 is 0 Å². The SMILES string of the molecule is [C-]#[N+]c1c(C(C)(C)C)nn(C)c1N=Nc1c(C(C)(C)C)nn2c(CC)nn(C)c12. The van der Waals surface area contributed by atoms with Gasteiger partial charge in [-0.15, -0.1) is 10.2 Å². The van der Waals surface area contributed by atoms with Gasteiger partial charge in [0.15, 0.2) is 23.0 Å². The minimum absolute atomic E-state index is 0.225. The molecule has 154 valence electrons. The van der Waals surface area contributed by atoms with Crippen molar-refractivity contribution in [3.63, 3.8) is 0 Å². The molecule has 29 heavy (non-hydrogen) atoms. The molecule has 0 aliphatic heterocycles. The lowest BCUT2D eigenvalue weighted by Crippen LogP contribution is -2.13. The molecule has 0 fully saturated rings. The highest BCUT2D eigenvalue weighted by Crippen LogP contribution is 2.40. The van der Waals surface area contributed by atoms with E-state index in [-0.39, 0.29) is 10.8 Å². The van der Waals surface area contributed by atoms with Crippen molar-refractivity contribution >= 4 is 22.8 Å². The molecule has 3 heterocycles. The summed E-state index contributed by atoms with van der Waals surface area (Å²) in [5.74, 6) is 1.31. The Kier molecular flexibility index (Phi) is 4.85. The molecule has 3 aromatic rings. The van der Waals surface area contributed by atoms with Crippen LogP contribution in [-0.4, -0.2) is 29.2 Å². The molecule has 0 atom stereocenters. The number of hydrogen-bond acceptors (Lipinski definition) is 5. The van der Waals surface area contributed by atoms with Gasteiger partial charge in [-0.05, 0) is 5.41 Å². The fourth-order valence-corrected chi connectivity index (χ4v) is 3.27. The average Bonchev–Trinajstić information content (AvgIpc) is 3.23. The van der Waals surface area contributed by atoms with E-state index in [4.69, 9.17) is 11.7 Å². The lowest BCUT2D eigenvalue weighted by Gasteiger charge is -2.15. The van der Waals surface area contributed by atoms with E-state index in [0.717, 1.165) is 23.6 Å². The molecule has 0 saturated heterocycles. The first-order valence-electron chi connectivity index (χ1n) is 9.71. The highest BCUT2D eigenvalue weighted by atomic mass is 15.4. The van der Waals surface area contributed by atoms with Crippen molar-refractivity contribution < 1.29 is 0 Å². The van der Waals surface area contributed by atoms with Crippen molar-refractivity contribution in [2.45, 2.75) is 65.7 Å². The van der Waals surface area contributed by atoms with Gasteiger partial charge in [-0.3, -0.25) is 4.68 Å². The smallest absolute Gasteiger partial charge is 0.255 e. The van der Waals surface area contributed by atoms with Gasteiger partial charge in [0, 0.05) is 25.9 Å². The predicted octanol–water partition coefficient (Wildman–Crippen LogP) is 4.92. The molecule has 9 nitrogen and oxygen atoms in total. The van der Waals surface area contributed by atoms with Crippen molar-refractivity contribution in [2.24, 2.45) is 24.3 Å². The Hall–Kier alpha value is -3.02. The Balaban J connectivity index is 2.24. The normalized spacial score (nSPS) is 13.0. The van der Waals surface area contributed by atoms with Gasteiger partial charge in [0.25, 0.3) is 5.69 Å². The highest BCUT2D eigenvalue weighted by molar-refractivity contribution is 5.70. The summed E-state index contributed by atoms with van der Waals surface area (Å²) in [7, 11) is 3.67. The van der Waals surface area contributed by atoms with Gasteiger partial charge in [0.2, 0.25) is 0 Å². The number of aryl methyl sites for hydroxylation is 3. The van der Waals surface area contributed by atoms with E-state index in [9.17, 15) is 0 Å². The van der Waals surface area contributed by atoms with Crippen LogP contribution in [0.2, 0.25) is 0 Å². The first kappa shape index (κ1) is 20.7. The van der Waals surface area contributed by atoms with Crippen LogP contribution in [0.4, 0.5) is 17.2 Å². The first-order chi connectivity index (χ1) is 13.4. The average molecular weight is 396 g/mol. The summed E-state index contributed by atoms with van der Waals surface area (Å²) in [4.78, 5) is 3.70.